The SMILES string of the molecule is CCC(NC(=O)N1CCC(N2CCNC2=O)CC1)C(C)C. The zero-order chi connectivity index (χ0) is 15.4. The van der Waals surface area contributed by atoms with Gasteiger partial charge in [0.2, 0.25) is 0 Å². The lowest BCUT2D eigenvalue weighted by atomic mass is 10.0. The summed E-state index contributed by atoms with van der Waals surface area (Å²) in [7, 11) is 0. The Bertz CT molecular complexity index is 378. The van der Waals surface area contributed by atoms with Crippen molar-refractivity contribution in [3.8, 4) is 0 Å². The number of hydrogen-bond donors (Lipinski definition) is 2. The Labute approximate surface area is 127 Å². The van der Waals surface area contributed by atoms with E-state index in [0.29, 0.717) is 5.92 Å². The summed E-state index contributed by atoms with van der Waals surface area (Å²) in [6.45, 7) is 9.36. The van der Waals surface area contributed by atoms with Crippen molar-refractivity contribution in [2.75, 3.05) is 26.2 Å². The Morgan fingerprint density at radius 2 is 2.00 bits per heavy atom. The number of rotatable bonds is 4. The average molecular weight is 296 g/mol. The average Bonchev–Trinajstić information content (AvgIpc) is 2.90. The number of amides is 4. The van der Waals surface area contributed by atoms with Gasteiger partial charge in [-0.2, -0.15) is 0 Å². The van der Waals surface area contributed by atoms with Crippen LogP contribution in [0.5, 0.6) is 0 Å². The first-order chi connectivity index (χ1) is 10.0. The molecule has 6 nitrogen and oxygen atoms in total. The van der Waals surface area contributed by atoms with E-state index in [-0.39, 0.29) is 24.1 Å². The van der Waals surface area contributed by atoms with Crippen molar-refractivity contribution in [2.45, 2.75) is 52.1 Å². The summed E-state index contributed by atoms with van der Waals surface area (Å²) < 4.78 is 0. The molecular formula is C15H28N4O2. The third kappa shape index (κ3) is 3.80. The van der Waals surface area contributed by atoms with Crippen LogP contribution in [-0.2, 0) is 0 Å². The van der Waals surface area contributed by atoms with Crippen LogP contribution in [0.2, 0.25) is 0 Å². The molecule has 2 heterocycles. The number of nitrogens with one attached hydrogen (secondary N) is 2. The number of likely N-dealkylation sites (tertiary alicyclic amines) is 1. The quantitative estimate of drug-likeness (QED) is 0.828. The van der Waals surface area contributed by atoms with E-state index in [1.165, 1.54) is 0 Å². The first-order valence-corrected chi connectivity index (χ1v) is 8.12. The molecule has 2 N–H and O–H groups in total. The van der Waals surface area contributed by atoms with Crippen LogP contribution in [0.25, 0.3) is 0 Å². The van der Waals surface area contributed by atoms with E-state index in [4.69, 9.17) is 0 Å². The van der Waals surface area contributed by atoms with Crippen LogP contribution in [0.1, 0.15) is 40.0 Å². The lowest BCUT2D eigenvalue weighted by molar-refractivity contribution is 0.138. The van der Waals surface area contributed by atoms with Gasteiger partial charge in [-0.05, 0) is 25.2 Å². The van der Waals surface area contributed by atoms with Gasteiger partial charge in [-0.1, -0.05) is 20.8 Å². The lowest BCUT2D eigenvalue weighted by Crippen LogP contribution is -2.52. The molecule has 2 saturated heterocycles. The van der Waals surface area contributed by atoms with Crippen molar-refractivity contribution >= 4 is 12.1 Å². The monoisotopic (exact) mass is 296 g/mol. The normalized spacial score (nSPS) is 21.6. The molecule has 2 aliphatic rings. The zero-order valence-electron chi connectivity index (χ0n) is 13.4. The molecule has 0 aliphatic carbocycles. The minimum Gasteiger partial charge on any atom is -0.336 e. The Kier molecular flexibility index (Phi) is 5.31. The standard InChI is InChI=1S/C15H28N4O2/c1-4-13(11(2)3)17-15(21)18-8-5-12(6-9-18)19-10-7-16-14(19)20/h11-13H,4-10H2,1-3H3,(H,16,20)(H,17,21). The highest BCUT2D eigenvalue weighted by Crippen LogP contribution is 2.18. The molecular weight excluding hydrogens is 268 g/mol. The van der Waals surface area contributed by atoms with Crippen LogP contribution in [0.4, 0.5) is 9.59 Å². The highest BCUT2D eigenvalue weighted by atomic mass is 16.2. The third-order valence-electron chi connectivity index (χ3n) is 4.64. The minimum atomic E-state index is 0.0415. The summed E-state index contributed by atoms with van der Waals surface area (Å²) in [6, 6.07) is 0.604. The maximum absolute atomic E-state index is 12.3. The highest BCUT2D eigenvalue weighted by molar-refractivity contribution is 5.77. The summed E-state index contributed by atoms with van der Waals surface area (Å²) in [4.78, 5) is 27.8. The molecule has 0 aromatic carbocycles. The molecule has 2 aliphatic heterocycles. The third-order valence-corrected chi connectivity index (χ3v) is 4.64. The predicted octanol–water partition coefficient (Wildman–Crippen LogP) is 1.62. The van der Waals surface area contributed by atoms with Crippen LogP contribution in [0, 0.1) is 5.92 Å². The molecule has 120 valence electrons. The van der Waals surface area contributed by atoms with Gasteiger partial charge in [0.1, 0.15) is 0 Å². The zero-order valence-corrected chi connectivity index (χ0v) is 13.4. The first-order valence-electron chi connectivity index (χ1n) is 8.12. The van der Waals surface area contributed by atoms with E-state index in [0.717, 1.165) is 45.4 Å². The molecule has 2 rings (SSSR count). The lowest BCUT2D eigenvalue weighted by Gasteiger charge is -2.37. The van der Waals surface area contributed by atoms with Gasteiger partial charge in [-0.25, -0.2) is 9.59 Å². The fourth-order valence-electron chi connectivity index (χ4n) is 3.21. The fourth-order valence-corrected chi connectivity index (χ4v) is 3.21. The second-order valence-electron chi connectivity index (χ2n) is 6.35. The predicted molar refractivity (Wildman–Crippen MR) is 82.1 cm³/mol. The van der Waals surface area contributed by atoms with Crippen molar-refractivity contribution in [3.05, 3.63) is 0 Å². The van der Waals surface area contributed by atoms with Crippen LogP contribution >= 0.6 is 0 Å². The topological polar surface area (TPSA) is 64.7 Å². The maximum Gasteiger partial charge on any atom is 0.317 e. The summed E-state index contributed by atoms with van der Waals surface area (Å²) in [5, 5.41) is 5.96. The maximum atomic E-state index is 12.3. The number of piperidine rings is 1. The molecule has 4 amide bonds. The minimum absolute atomic E-state index is 0.0415. The van der Waals surface area contributed by atoms with E-state index in [2.05, 4.69) is 31.4 Å². The Morgan fingerprint density at radius 1 is 1.33 bits per heavy atom. The largest absolute Gasteiger partial charge is 0.336 e. The second-order valence-corrected chi connectivity index (χ2v) is 6.35. The highest BCUT2D eigenvalue weighted by Gasteiger charge is 2.32. The van der Waals surface area contributed by atoms with Crippen molar-refractivity contribution in [2.24, 2.45) is 5.92 Å². The van der Waals surface area contributed by atoms with Crippen LogP contribution in [0.3, 0.4) is 0 Å². The van der Waals surface area contributed by atoms with Gasteiger partial charge in [0, 0.05) is 38.3 Å². The number of carbonyl (C=O) groups is 2. The molecule has 0 aromatic heterocycles. The van der Waals surface area contributed by atoms with Crippen molar-refractivity contribution in [3.63, 3.8) is 0 Å². The van der Waals surface area contributed by atoms with Gasteiger partial charge >= 0.3 is 12.1 Å². The summed E-state index contributed by atoms with van der Waals surface area (Å²) in [6.07, 6.45) is 2.70. The molecule has 0 spiro atoms. The van der Waals surface area contributed by atoms with E-state index in [1.54, 1.807) is 0 Å². The van der Waals surface area contributed by atoms with E-state index in [9.17, 15) is 9.59 Å². The van der Waals surface area contributed by atoms with Gasteiger partial charge in [-0.3, -0.25) is 0 Å². The molecule has 0 radical (unpaired) electrons. The Morgan fingerprint density at radius 3 is 2.48 bits per heavy atom. The van der Waals surface area contributed by atoms with Gasteiger partial charge in [-0.15, -0.1) is 0 Å². The van der Waals surface area contributed by atoms with Gasteiger partial charge in [0.15, 0.2) is 0 Å². The van der Waals surface area contributed by atoms with Gasteiger partial charge in [0.05, 0.1) is 0 Å². The van der Waals surface area contributed by atoms with E-state index < -0.39 is 0 Å². The molecule has 2 fully saturated rings. The molecule has 0 aromatic rings. The van der Waals surface area contributed by atoms with Gasteiger partial charge < -0.3 is 20.4 Å². The Balaban J connectivity index is 1.80. The van der Waals surface area contributed by atoms with Crippen LogP contribution in [-0.4, -0.2) is 60.1 Å². The number of hydrogen-bond acceptors (Lipinski definition) is 2. The molecule has 21 heavy (non-hydrogen) atoms. The Hall–Kier alpha value is -1.46. The van der Waals surface area contributed by atoms with Crippen LogP contribution < -0.4 is 10.6 Å². The molecule has 6 heteroatoms. The molecule has 1 atom stereocenters. The van der Waals surface area contributed by atoms with E-state index in [1.807, 2.05) is 9.80 Å². The van der Waals surface area contributed by atoms with E-state index >= 15 is 0 Å². The van der Waals surface area contributed by atoms with Gasteiger partial charge in [0.25, 0.3) is 0 Å². The number of carbonyl (C=O) groups excluding carboxylic acids is 2. The molecule has 1 unspecified atom stereocenters. The fraction of sp³-hybridized carbons (Fsp3) is 0.867. The summed E-state index contributed by atoms with van der Waals surface area (Å²) >= 11 is 0. The van der Waals surface area contributed by atoms with Crippen molar-refractivity contribution in [1.29, 1.82) is 0 Å². The van der Waals surface area contributed by atoms with Crippen molar-refractivity contribution in [1.82, 2.24) is 20.4 Å². The first kappa shape index (κ1) is 15.9. The molecule has 0 bridgehead atoms. The van der Waals surface area contributed by atoms with Crippen molar-refractivity contribution < 1.29 is 9.59 Å². The number of nitrogens with zero attached hydrogens (tertiary/aromatic N) is 2. The number of urea groups is 2. The molecule has 0 saturated carbocycles. The smallest absolute Gasteiger partial charge is 0.317 e. The van der Waals surface area contributed by atoms with Crippen LogP contribution in [0.15, 0.2) is 0 Å². The summed E-state index contributed by atoms with van der Waals surface area (Å²) in [5.74, 6) is 0.449. The second kappa shape index (κ2) is 7.00. The summed E-state index contributed by atoms with van der Waals surface area (Å²) in [5.41, 5.74) is 0.